The first-order valence-electron chi connectivity index (χ1n) is 6.50. The van der Waals surface area contributed by atoms with Crippen LogP contribution < -0.4 is 5.32 Å². The van der Waals surface area contributed by atoms with Crippen LogP contribution in [0.5, 0.6) is 0 Å². The highest BCUT2D eigenvalue weighted by Crippen LogP contribution is 2.26. The third-order valence-electron chi connectivity index (χ3n) is 2.90. The van der Waals surface area contributed by atoms with Gasteiger partial charge in [-0.3, -0.25) is 0 Å². The van der Waals surface area contributed by atoms with E-state index in [1.165, 1.54) is 5.01 Å². The second-order valence-electron chi connectivity index (χ2n) is 4.95. The predicted molar refractivity (Wildman–Crippen MR) is 84.1 cm³/mol. The van der Waals surface area contributed by atoms with Gasteiger partial charge in [0.05, 0.1) is 10.7 Å². The molecule has 0 radical (unpaired) electrons. The van der Waals surface area contributed by atoms with Crippen molar-refractivity contribution in [1.82, 2.24) is 10.3 Å². The van der Waals surface area contributed by atoms with E-state index in [4.69, 9.17) is 11.6 Å². The molecule has 2 aromatic rings. The molecule has 0 atom stereocenters. The Bertz CT molecular complexity index is 549. The van der Waals surface area contributed by atoms with Gasteiger partial charge in [0.25, 0.3) is 0 Å². The zero-order chi connectivity index (χ0) is 13.8. The first-order chi connectivity index (χ1) is 9.06. The topological polar surface area (TPSA) is 24.9 Å². The van der Waals surface area contributed by atoms with Crippen LogP contribution in [0, 0.1) is 6.92 Å². The molecule has 2 nitrogen and oxygen atoms in total. The molecule has 0 aliphatic heterocycles. The Labute approximate surface area is 123 Å². The van der Waals surface area contributed by atoms with Gasteiger partial charge in [-0.2, -0.15) is 0 Å². The highest BCUT2D eigenvalue weighted by molar-refractivity contribution is 7.09. The van der Waals surface area contributed by atoms with E-state index >= 15 is 0 Å². The van der Waals surface area contributed by atoms with E-state index in [9.17, 15) is 0 Å². The Kier molecular flexibility index (Phi) is 4.97. The minimum atomic E-state index is 0.526. The molecular formula is C15H19ClN2S. The number of aromatic nitrogens is 1. The summed E-state index contributed by atoms with van der Waals surface area (Å²) in [5.41, 5.74) is 3.28. The zero-order valence-corrected chi connectivity index (χ0v) is 13.1. The molecule has 0 fully saturated rings. The number of halogens is 1. The number of hydrogen-bond donors (Lipinski definition) is 1. The molecule has 0 bridgehead atoms. The summed E-state index contributed by atoms with van der Waals surface area (Å²) >= 11 is 7.77. The summed E-state index contributed by atoms with van der Waals surface area (Å²) < 4.78 is 0. The van der Waals surface area contributed by atoms with Crippen LogP contribution >= 0.6 is 22.9 Å². The van der Waals surface area contributed by atoms with Gasteiger partial charge in [-0.05, 0) is 24.6 Å². The molecule has 1 aromatic heterocycles. The van der Waals surface area contributed by atoms with E-state index in [2.05, 4.69) is 35.6 Å². The summed E-state index contributed by atoms with van der Waals surface area (Å²) in [6.07, 6.45) is 0.982. The monoisotopic (exact) mass is 294 g/mol. The molecule has 1 N–H and O–H groups in total. The number of benzene rings is 1. The van der Waals surface area contributed by atoms with Gasteiger partial charge in [-0.1, -0.05) is 31.5 Å². The van der Waals surface area contributed by atoms with Crippen molar-refractivity contribution in [1.29, 1.82) is 0 Å². The largest absolute Gasteiger partial charge is 0.314 e. The molecule has 0 aliphatic carbocycles. The summed E-state index contributed by atoms with van der Waals surface area (Å²) in [6.45, 7) is 7.31. The number of nitrogens with zero attached hydrogens (tertiary/aromatic N) is 1. The van der Waals surface area contributed by atoms with E-state index < -0.39 is 0 Å². The van der Waals surface area contributed by atoms with E-state index in [0.29, 0.717) is 6.04 Å². The molecule has 0 saturated carbocycles. The van der Waals surface area contributed by atoms with Gasteiger partial charge in [0, 0.05) is 35.0 Å². The average Bonchev–Trinajstić information content (AvgIpc) is 2.81. The average molecular weight is 295 g/mol. The van der Waals surface area contributed by atoms with Crippen molar-refractivity contribution in [3.05, 3.63) is 39.2 Å². The van der Waals surface area contributed by atoms with Crippen molar-refractivity contribution in [2.24, 2.45) is 0 Å². The third kappa shape index (κ3) is 4.03. The lowest BCUT2D eigenvalue weighted by atomic mass is 10.1. The first-order valence-corrected chi connectivity index (χ1v) is 7.76. The minimum Gasteiger partial charge on any atom is -0.314 e. The van der Waals surface area contributed by atoms with Gasteiger partial charge < -0.3 is 5.32 Å². The summed E-state index contributed by atoms with van der Waals surface area (Å²) in [5, 5.41) is 7.51. The van der Waals surface area contributed by atoms with Crippen molar-refractivity contribution in [2.75, 3.05) is 6.54 Å². The summed E-state index contributed by atoms with van der Waals surface area (Å²) in [4.78, 5) is 4.68. The number of hydrogen-bond acceptors (Lipinski definition) is 3. The van der Waals surface area contributed by atoms with Crippen LogP contribution in [-0.4, -0.2) is 17.6 Å². The highest BCUT2D eigenvalue weighted by atomic mass is 35.5. The molecule has 0 aliphatic rings. The minimum absolute atomic E-state index is 0.526. The van der Waals surface area contributed by atoms with E-state index in [1.807, 2.05) is 19.1 Å². The van der Waals surface area contributed by atoms with E-state index in [0.717, 1.165) is 34.8 Å². The zero-order valence-electron chi connectivity index (χ0n) is 11.5. The fourth-order valence-corrected chi connectivity index (χ4v) is 2.76. The van der Waals surface area contributed by atoms with Crippen LogP contribution in [0.15, 0.2) is 23.6 Å². The Morgan fingerprint density at radius 1 is 1.37 bits per heavy atom. The van der Waals surface area contributed by atoms with Crippen molar-refractivity contribution < 1.29 is 0 Å². The number of rotatable bonds is 5. The van der Waals surface area contributed by atoms with E-state index in [1.54, 1.807) is 11.3 Å². The quantitative estimate of drug-likeness (QED) is 0.889. The second-order valence-corrected chi connectivity index (χ2v) is 6.30. The van der Waals surface area contributed by atoms with Crippen LogP contribution in [0.4, 0.5) is 0 Å². The van der Waals surface area contributed by atoms with Crippen LogP contribution in [0.3, 0.4) is 0 Å². The lowest BCUT2D eigenvalue weighted by Crippen LogP contribution is -2.24. The summed E-state index contributed by atoms with van der Waals surface area (Å²) in [5.74, 6) is 0. The van der Waals surface area contributed by atoms with Gasteiger partial charge in [0.15, 0.2) is 0 Å². The van der Waals surface area contributed by atoms with Crippen LogP contribution in [0.1, 0.15) is 24.4 Å². The molecular weight excluding hydrogens is 276 g/mol. The molecule has 0 saturated heterocycles. The molecule has 0 spiro atoms. The van der Waals surface area contributed by atoms with Gasteiger partial charge >= 0.3 is 0 Å². The maximum Gasteiger partial charge on any atom is 0.0945 e. The Hall–Kier alpha value is -0.900. The van der Waals surface area contributed by atoms with Crippen molar-refractivity contribution in [3.63, 3.8) is 0 Å². The SMILES string of the molecule is Cc1cc(-c2csc(CCNC(C)C)n2)ccc1Cl. The molecule has 2 rings (SSSR count). The Balaban J connectivity index is 2.05. The molecule has 0 amide bonds. The fraction of sp³-hybridized carbons (Fsp3) is 0.400. The van der Waals surface area contributed by atoms with Gasteiger partial charge in [0.2, 0.25) is 0 Å². The third-order valence-corrected chi connectivity index (χ3v) is 4.23. The number of aryl methyl sites for hydroxylation is 1. The normalized spacial score (nSPS) is 11.2. The first kappa shape index (κ1) is 14.5. The lowest BCUT2D eigenvalue weighted by molar-refractivity contribution is 0.590. The van der Waals surface area contributed by atoms with Crippen LogP contribution in [-0.2, 0) is 6.42 Å². The maximum absolute atomic E-state index is 6.05. The maximum atomic E-state index is 6.05. The predicted octanol–water partition coefficient (Wildman–Crippen LogP) is 4.31. The Morgan fingerprint density at radius 3 is 2.84 bits per heavy atom. The number of nitrogens with one attached hydrogen (secondary N) is 1. The van der Waals surface area contributed by atoms with Crippen molar-refractivity contribution >= 4 is 22.9 Å². The molecule has 19 heavy (non-hydrogen) atoms. The second kappa shape index (κ2) is 6.51. The molecule has 102 valence electrons. The summed E-state index contributed by atoms with van der Waals surface area (Å²) in [7, 11) is 0. The standard InChI is InChI=1S/C15H19ClN2S/c1-10(2)17-7-6-15-18-14(9-19-15)12-4-5-13(16)11(3)8-12/h4-5,8-10,17H,6-7H2,1-3H3. The molecule has 0 unspecified atom stereocenters. The van der Waals surface area contributed by atoms with Gasteiger partial charge in [-0.15, -0.1) is 11.3 Å². The lowest BCUT2D eigenvalue weighted by Gasteiger charge is -2.05. The highest BCUT2D eigenvalue weighted by Gasteiger charge is 2.06. The fourth-order valence-electron chi connectivity index (χ4n) is 1.83. The van der Waals surface area contributed by atoms with Crippen LogP contribution in [0.2, 0.25) is 5.02 Å². The molecule has 4 heteroatoms. The van der Waals surface area contributed by atoms with Crippen molar-refractivity contribution in [3.8, 4) is 11.3 Å². The van der Waals surface area contributed by atoms with Crippen molar-refractivity contribution in [2.45, 2.75) is 33.2 Å². The number of thiazole rings is 1. The van der Waals surface area contributed by atoms with Gasteiger partial charge in [0.1, 0.15) is 0 Å². The van der Waals surface area contributed by atoms with E-state index in [-0.39, 0.29) is 0 Å². The van der Waals surface area contributed by atoms with Crippen LogP contribution in [0.25, 0.3) is 11.3 Å². The molecule has 1 heterocycles. The van der Waals surface area contributed by atoms with Gasteiger partial charge in [-0.25, -0.2) is 4.98 Å². The molecule has 1 aromatic carbocycles. The smallest absolute Gasteiger partial charge is 0.0945 e. The summed E-state index contributed by atoms with van der Waals surface area (Å²) in [6, 6.07) is 6.58. The Morgan fingerprint density at radius 2 is 2.16 bits per heavy atom.